The molecule has 2 N–H and O–H groups in total. The van der Waals surface area contributed by atoms with Gasteiger partial charge in [-0.15, -0.1) is 0 Å². The molecule has 0 atom stereocenters. The number of ether oxygens (including phenoxy) is 2. The molecule has 27 heavy (non-hydrogen) atoms. The molecule has 8 heteroatoms. The van der Waals surface area contributed by atoms with Crippen molar-refractivity contribution < 1.29 is 18.7 Å². The van der Waals surface area contributed by atoms with E-state index in [0.717, 1.165) is 5.69 Å². The summed E-state index contributed by atoms with van der Waals surface area (Å²) in [5.41, 5.74) is 2.11. The Morgan fingerprint density at radius 1 is 1.00 bits per heavy atom. The molecule has 4 rings (SSSR count). The Labute approximate surface area is 158 Å². The number of nitrogens with zero attached hydrogens (tertiary/aromatic N) is 1. The van der Waals surface area contributed by atoms with Crippen molar-refractivity contribution in [3.8, 4) is 11.5 Å². The number of amides is 1. The van der Waals surface area contributed by atoms with E-state index in [4.69, 9.17) is 21.1 Å². The van der Waals surface area contributed by atoms with Crippen LogP contribution in [0, 0.1) is 5.82 Å². The van der Waals surface area contributed by atoms with E-state index >= 15 is 0 Å². The van der Waals surface area contributed by atoms with Gasteiger partial charge in [0.2, 0.25) is 6.79 Å². The highest BCUT2D eigenvalue weighted by molar-refractivity contribution is 6.31. The summed E-state index contributed by atoms with van der Waals surface area (Å²) < 4.78 is 23.8. The summed E-state index contributed by atoms with van der Waals surface area (Å²) in [6.07, 6.45) is 1.54. The van der Waals surface area contributed by atoms with Crippen molar-refractivity contribution in [2.24, 2.45) is 0 Å². The monoisotopic (exact) mass is 385 g/mol. The third-order valence-electron chi connectivity index (χ3n) is 3.83. The summed E-state index contributed by atoms with van der Waals surface area (Å²) in [6.45, 7) is 0.212. The first-order valence-electron chi connectivity index (χ1n) is 7.97. The summed E-state index contributed by atoms with van der Waals surface area (Å²) in [7, 11) is 0. The summed E-state index contributed by atoms with van der Waals surface area (Å²) in [6, 6.07) is 12.7. The van der Waals surface area contributed by atoms with Crippen LogP contribution in [-0.4, -0.2) is 17.7 Å². The van der Waals surface area contributed by atoms with Crippen molar-refractivity contribution in [1.82, 2.24) is 4.98 Å². The average molecular weight is 386 g/mol. The molecule has 1 aromatic heterocycles. The van der Waals surface area contributed by atoms with Crippen LogP contribution in [0.2, 0.25) is 5.02 Å². The number of benzene rings is 2. The summed E-state index contributed by atoms with van der Waals surface area (Å²) in [4.78, 5) is 16.4. The SMILES string of the molecule is O=C(Nc1ccc(F)c(Cl)c1)c1ccc(Nc2ccc3c(c2)OCO3)cn1. The molecule has 136 valence electrons. The second-order valence-electron chi connectivity index (χ2n) is 5.71. The molecule has 0 saturated carbocycles. The smallest absolute Gasteiger partial charge is 0.274 e. The maximum Gasteiger partial charge on any atom is 0.274 e. The van der Waals surface area contributed by atoms with Crippen LogP contribution in [0.15, 0.2) is 54.7 Å². The summed E-state index contributed by atoms with van der Waals surface area (Å²) in [5, 5.41) is 5.73. The molecule has 0 spiro atoms. The van der Waals surface area contributed by atoms with Crippen LogP contribution < -0.4 is 20.1 Å². The Hall–Kier alpha value is -3.32. The molecule has 1 aliphatic rings. The zero-order valence-corrected chi connectivity index (χ0v) is 14.6. The van der Waals surface area contributed by atoms with Crippen LogP contribution in [0.3, 0.4) is 0 Å². The van der Waals surface area contributed by atoms with Crippen molar-refractivity contribution in [2.75, 3.05) is 17.4 Å². The van der Waals surface area contributed by atoms with E-state index in [1.165, 1.54) is 24.4 Å². The van der Waals surface area contributed by atoms with Gasteiger partial charge in [-0.05, 0) is 42.5 Å². The highest BCUT2D eigenvalue weighted by atomic mass is 35.5. The van der Waals surface area contributed by atoms with Gasteiger partial charge in [-0.25, -0.2) is 9.37 Å². The Morgan fingerprint density at radius 2 is 1.78 bits per heavy atom. The molecule has 2 aromatic carbocycles. The molecule has 1 aliphatic heterocycles. The summed E-state index contributed by atoms with van der Waals surface area (Å²) >= 11 is 5.71. The number of nitrogens with one attached hydrogen (secondary N) is 2. The number of carbonyl (C=O) groups excluding carboxylic acids is 1. The zero-order chi connectivity index (χ0) is 18.8. The van der Waals surface area contributed by atoms with Crippen LogP contribution in [0.4, 0.5) is 21.5 Å². The number of pyridine rings is 1. The van der Waals surface area contributed by atoms with Gasteiger partial charge in [-0.3, -0.25) is 4.79 Å². The van der Waals surface area contributed by atoms with Gasteiger partial charge in [0.25, 0.3) is 5.91 Å². The molecule has 0 bridgehead atoms. The van der Waals surface area contributed by atoms with Crippen molar-refractivity contribution in [2.45, 2.75) is 0 Å². The van der Waals surface area contributed by atoms with Gasteiger partial charge in [0, 0.05) is 17.4 Å². The van der Waals surface area contributed by atoms with Gasteiger partial charge in [0.15, 0.2) is 11.5 Å². The van der Waals surface area contributed by atoms with Gasteiger partial charge >= 0.3 is 0 Å². The van der Waals surface area contributed by atoms with Crippen LogP contribution in [0.5, 0.6) is 11.5 Å². The highest BCUT2D eigenvalue weighted by Crippen LogP contribution is 2.35. The van der Waals surface area contributed by atoms with Gasteiger partial charge in [-0.2, -0.15) is 0 Å². The summed E-state index contributed by atoms with van der Waals surface area (Å²) in [5.74, 6) is 0.396. The predicted molar refractivity (Wildman–Crippen MR) is 99.4 cm³/mol. The Balaban J connectivity index is 1.43. The minimum absolute atomic E-state index is 0.0657. The lowest BCUT2D eigenvalue weighted by molar-refractivity contribution is 0.102. The Morgan fingerprint density at radius 3 is 2.56 bits per heavy atom. The van der Waals surface area contributed by atoms with Gasteiger partial charge < -0.3 is 20.1 Å². The Bertz CT molecular complexity index is 1010. The number of fused-ring (bicyclic) bond motifs is 1. The van der Waals surface area contributed by atoms with E-state index in [2.05, 4.69) is 15.6 Å². The molecular formula is C19H13ClFN3O3. The molecule has 1 amide bonds. The van der Waals surface area contributed by atoms with Crippen LogP contribution in [-0.2, 0) is 0 Å². The molecule has 0 aliphatic carbocycles. The van der Waals surface area contributed by atoms with E-state index in [-0.39, 0.29) is 17.5 Å². The van der Waals surface area contributed by atoms with Crippen molar-refractivity contribution in [1.29, 1.82) is 0 Å². The second-order valence-corrected chi connectivity index (χ2v) is 6.12. The molecule has 6 nitrogen and oxygen atoms in total. The van der Waals surface area contributed by atoms with Crippen molar-refractivity contribution in [3.05, 3.63) is 71.3 Å². The number of carbonyl (C=O) groups is 1. The lowest BCUT2D eigenvalue weighted by atomic mass is 10.2. The molecule has 0 radical (unpaired) electrons. The number of rotatable bonds is 4. The number of anilines is 3. The third-order valence-corrected chi connectivity index (χ3v) is 4.12. The standard InChI is InChI=1S/C19H13ClFN3O3/c20-14-7-11(1-4-15(14)21)24-19(25)16-5-2-13(9-22-16)23-12-3-6-17-18(8-12)27-10-26-17/h1-9,23H,10H2,(H,24,25). The first kappa shape index (κ1) is 17.1. The van der Waals surface area contributed by atoms with Gasteiger partial charge in [0.1, 0.15) is 11.5 Å². The van der Waals surface area contributed by atoms with Gasteiger partial charge in [-0.1, -0.05) is 11.6 Å². The van der Waals surface area contributed by atoms with E-state index < -0.39 is 11.7 Å². The number of hydrogen-bond donors (Lipinski definition) is 2. The Kier molecular flexibility index (Phi) is 4.52. The predicted octanol–water partition coefficient (Wildman–Crippen LogP) is 4.60. The second kappa shape index (κ2) is 7.13. The molecular weight excluding hydrogens is 373 g/mol. The molecule has 0 unspecified atom stereocenters. The van der Waals surface area contributed by atoms with E-state index in [1.807, 2.05) is 18.2 Å². The topological polar surface area (TPSA) is 72.5 Å². The van der Waals surface area contributed by atoms with Crippen molar-refractivity contribution >= 4 is 34.6 Å². The van der Waals surface area contributed by atoms with Crippen LogP contribution >= 0.6 is 11.6 Å². The normalized spacial score (nSPS) is 11.9. The van der Waals surface area contributed by atoms with Crippen LogP contribution in [0.1, 0.15) is 10.5 Å². The number of aromatic nitrogens is 1. The average Bonchev–Trinajstić information content (AvgIpc) is 3.13. The molecule has 0 fully saturated rings. The van der Waals surface area contributed by atoms with Gasteiger partial charge in [0.05, 0.1) is 16.9 Å². The number of hydrogen-bond acceptors (Lipinski definition) is 5. The third kappa shape index (κ3) is 3.78. The fourth-order valence-corrected chi connectivity index (χ4v) is 2.69. The van der Waals surface area contributed by atoms with E-state index in [0.29, 0.717) is 22.9 Å². The molecule has 3 aromatic rings. The maximum absolute atomic E-state index is 13.2. The number of halogens is 2. The first-order valence-corrected chi connectivity index (χ1v) is 8.35. The zero-order valence-electron chi connectivity index (χ0n) is 13.8. The molecule has 2 heterocycles. The van der Waals surface area contributed by atoms with E-state index in [1.54, 1.807) is 12.1 Å². The maximum atomic E-state index is 13.2. The highest BCUT2D eigenvalue weighted by Gasteiger charge is 2.13. The largest absolute Gasteiger partial charge is 0.454 e. The van der Waals surface area contributed by atoms with Crippen molar-refractivity contribution in [3.63, 3.8) is 0 Å². The fourth-order valence-electron chi connectivity index (χ4n) is 2.51. The minimum atomic E-state index is -0.549. The van der Waals surface area contributed by atoms with Crippen LogP contribution in [0.25, 0.3) is 0 Å². The first-order chi connectivity index (χ1) is 13.1. The molecule has 0 saturated heterocycles. The lowest BCUT2D eigenvalue weighted by Crippen LogP contribution is -2.13. The van der Waals surface area contributed by atoms with E-state index in [9.17, 15) is 9.18 Å². The lowest BCUT2D eigenvalue weighted by Gasteiger charge is -2.08. The fraction of sp³-hybridized carbons (Fsp3) is 0.0526. The quantitative estimate of drug-likeness (QED) is 0.686. The minimum Gasteiger partial charge on any atom is -0.454 e.